The maximum absolute atomic E-state index is 6.80. The third-order valence-corrected chi connectivity index (χ3v) is 8.57. The van der Waals surface area contributed by atoms with Crippen LogP contribution in [0.25, 0.3) is 16.8 Å². The van der Waals surface area contributed by atoms with E-state index in [1.165, 1.54) is 33.4 Å². The van der Waals surface area contributed by atoms with Gasteiger partial charge in [-0.2, -0.15) is 0 Å². The zero-order valence-corrected chi connectivity index (χ0v) is 24.8. The van der Waals surface area contributed by atoms with Crippen molar-refractivity contribution >= 4 is 11.9 Å². The lowest BCUT2D eigenvalue weighted by Gasteiger charge is -2.34. The first-order valence-electron chi connectivity index (χ1n) is 15.2. The Morgan fingerprint density at radius 1 is 0.837 bits per heavy atom. The first-order valence-corrected chi connectivity index (χ1v) is 15.2. The van der Waals surface area contributed by atoms with E-state index in [2.05, 4.69) is 141 Å². The van der Waals surface area contributed by atoms with Crippen molar-refractivity contribution in [2.45, 2.75) is 31.6 Å². The van der Waals surface area contributed by atoms with E-state index in [1.807, 2.05) is 18.4 Å². The molecule has 2 nitrogen and oxygen atoms in total. The van der Waals surface area contributed by atoms with Crippen LogP contribution in [0.15, 0.2) is 162 Å². The molecule has 0 fully saturated rings. The Labute approximate surface area is 256 Å². The van der Waals surface area contributed by atoms with Gasteiger partial charge in [-0.25, -0.2) is 0 Å². The first kappa shape index (κ1) is 28.2. The van der Waals surface area contributed by atoms with Crippen molar-refractivity contribution in [2.75, 3.05) is 0 Å². The lowest BCUT2D eigenvalue weighted by Crippen LogP contribution is -2.28. The Morgan fingerprint density at radius 2 is 1.47 bits per heavy atom. The van der Waals surface area contributed by atoms with Crippen molar-refractivity contribution < 1.29 is 0 Å². The van der Waals surface area contributed by atoms with E-state index in [-0.39, 0.29) is 0 Å². The number of nitrogens with two attached hydrogens (primary N) is 1. The van der Waals surface area contributed by atoms with E-state index in [9.17, 15) is 0 Å². The highest BCUT2D eigenvalue weighted by atomic mass is 14.7. The highest BCUT2D eigenvalue weighted by Gasteiger charge is 2.45. The number of rotatable bonds is 9. The highest BCUT2D eigenvalue weighted by molar-refractivity contribution is 5.86. The fourth-order valence-corrected chi connectivity index (χ4v) is 6.48. The predicted octanol–water partition coefficient (Wildman–Crippen LogP) is 9.79. The predicted molar refractivity (Wildman–Crippen MR) is 183 cm³/mol. The van der Waals surface area contributed by atoms with Crippen molar-refractivity contribution in [3.05, 3.63) is 185 Å². The molecule has 0 aromatic heterocycles. The molecule has 4 aromatic carbocycles. The minimum absolute atomic E-state index is 0.390. The summed E-state index contributed by atoms with van der Waals surface area (Å²) in [6, 6.07) is 37.4. The van der Waals surface area contributed by atoms with Crippen LogP contribution in [0.2, 0.25) is 0 Å². The summed E-state index contributed by atoms with van der Waals surface area (Å²) in [5, 5.41) is 0. The first-order chi connectivity index (χ1) is 21.1. The molecule has 1 aliphatic carbocycles. The number of benzene rings is 4. The molecule has 43 heavy (non-hydrogen) atoms. The molecule has 2 aliphatic rings. The number of hydrogen-bond donors (Lipinski definition) is 1. The van der Waals surface area contributed by atoms with E-state index in [1.54, 1.807) is 0 Å². The molecule has 0 spiro atoms. The average molecular weight is 559 g/mol. The van der Waals surface area contributed by atoms with E-state index in [0.29, 0.717) is 5.92 Å². The maximum Gasteiger partial charge on any atom is 0.0713 e. The molecule has 0 radical (unpaired) electrons. The van der Waals surface area contributed by atoms with Gasteiger partial charge in [-0.1, -0.05) is 147 Å². The normalized spacial score (nSPS) is 16.4. The summed E-state index contributed by atoms with van der Waals surface area (Å²) in [5.74, 6) is 0.390. The van der Waals surface area contributed by atoms with Crippen LogP contribution in [0.1, 0.15) is 54.0 Å². The molecule has 1 atom stereocenters. The Bertz CT molecular complexity index is 1720. The third kappa shape index (κ3) is 5.37. The number of aliphatic imine (C=N–C) groups is 1. The van der Waals surface area contributed by atoms with Crippen LogP contribution in [0.4, 0.5) is 0 Å². The van der Waals surface area contributed by atoms with Gasteiger partial charge < -0.3 is 5.73 Å². The van der Waals surface area contributed by atoms with Crippen LogP contribution >= 0.6 is 0 Å². The van der Waals surface area contributed by atoms with Gasteiger partial charge in [-0.05, 0) is 75.8 Å². The maximum atomic E-state index is 6.80. The van der Waals surface area contributed by atoms with Gasteiger partial charge in [0.15, 0.2) is 0 Å². The Balaban J connectivity index is 1.42. The quantitative estimate of drug-likeness (QED) is 0.180. The molecule has 0 amide bonds. The summed E-state index contributed by atoms with van der Waals surface area (Å²) in [4.78, 5) is 4.70. The molecule has 2 heteroatoms. The Kier molecular flexibility index (Phi) is 8.20. The molecule has 6 rings (SSSR count). The van der Waals surface area contributed by atoms with E-state index >= 15 is 0 Å². The van der Waals surface area contributed by atoms with Crippen molar-refractivity contribution in [1.82, 2.24) is 0 Å². The Morgan fingerprint density at radius 3 is 2.09 bits per heavy atom. The smallest absolute Gasteiger partial charge is 0.0713 e. The van der Waals surface area contributed by atoms with Gasteiger partial charge in [-0.3, -0.25) is 4.99 Å². The van der Waals surface area contributed by atoms with Crippen LogP contribution < -0.4 is 5.73 Å². The molecule has 0 bridgehead atoms. The zero-order valence-electron chi connectivity index (χ0n) is 24.8. The second-order valence-electron chi connectivity index (χ2n) is 11.4. The summed E-state index contributed by atoms with van der Waals surface area (Å²) in [6.07, 6.45) is 17.4. The number of hydrogen-bond acceptors (Lipinski definition) is 2. The summed E-state index contributed by atoms with van der Waals surface area (Å²) in [7, 11) is 0. The van der Waals surface area contributed by atoms with Crippen LogP contribution in [0.5, 0.6) is 0 Å². The van der Waals surface area contributed by atoms with Crippen molar-refractivity contribution in [1.29, 1.82) is 0 Å². The number of allylic oxidation sites excluding steroid dienone is 6. The minimum atomic E-state index is -0.409. The monoisotopic (exact) mass is 558 g/mol. The minimum Gasteiger partial charge on any atom is -0.398 e. The third-order valence-electron chi connectivity index (χ3n) is 8.57. The lowest BCUT2D eigenvalue weighted by molar-refractivity contribution is 0.742. The fraction of sp³-hybridized carbons (Fsp3) is 0.146. The standard InChI is InChI=1S/C41H38N2/c1-3-4-14-30(2)22-23-32(40-21-12-13-28-43-40)29-39(42)31-24-26-34(27-25-31)41(33-15-6-5-7-16-33)37-19-10-8-17-35(37)36-18-9-11-20-38(36)41/h3-11,14-21,23-30H,1,12-13,22,42H2,2H3/b14-4-,32-23+,39-29-. The van der Waals surface area contributed by atoms with Gasteiger partial charge >= 0.3 is 0 Å². The summed E-state index contributed by atoms with van der Waals surface area (Å²) in [6.45, 7) is 6.00. The fourth-order valence-electron chi connectivity index (χ4n) is 6.48. The molecule has 1 aliphatic heterocycles. The highest BCUT2D eigenvalue weighted by Crippen LogP contribution is 2.55. The van der Waals surface area contributed by atoms with Gasteiger partial charge in [-0.15, -0.1) is 0 Å². The second-order valence-corrected chi connectivity index (χ2v) is 11.4. The van der Waals surface area contributed by atoms with E-state index in [0.717, 1.165) is 41.8 Å². The van der Waals surface area contributed by atoms with Gasteiger partial charge in [0, 0.05) is 11.9 Å². The molecular weight excluding hydrogens is 520 g/mol. The molecule has 0 saturated heterocycles. The molecule has 212 valence electrons. The summed E-state index contributed by atoms with van der Waals surface area (Å²) in [5.41, 5.74) is 17.9. The number of fused-ring (bicyclic) bond motifs is 3. The molecule has 1 heterocycles. The van der Waals surface area contributed by atoms with Crippen molar-refractivity contribution in [3.8, 4) is 11.1 Å². The molecule has 1 unspecified atom stereocenters. The van der Waals surface area contributed by atoms with Gasteiger partial charge in [0.2, 0.25) is 0 Å². The van der Waals surface area contributed by atoms with Gasteiger partial charge in [0.25, 0.3) is 0 Å². The molecular formula is C41H38N2. The summed E-state index contributed by atoms with van der Waals surface area (Å²) < 4.78 is 0. The lowest BCUT2D eigenvalue weighted by atomic mass is 9.67. The summed E-state index contributed by atoms with van der Waals surface area (Å²) >= 11 is 0. The topological polar surface area (TPSA) is 38.4 Å². The second kappa shape index (κ2) is 12.5. The number of nitrogens with zero attached hydrogens (tertiary/aromatic N) is 1. The molecule has 2 N–H and O–H groups in total. The average Bonchev–Trinajstić information content (AvgIpc) is 3.37. The molecule has 0 saturated carbocycles. The van der Waals surface area contributed by atoms with E-state index < -0.39 is 5.41 Å². The Hall–Kier alpha value is -4.95. The SMILES string of the molecule is C=C/C=C\C(C)C/C=C(\C=C(/N)c1ccc(C2(c3ccccc3)c3ccccc3-c3ccccc32)cc1)C1=CCCC=N1. The molecule has 4 aromatic rings. The van der Waals surface area contributed by atoms with Crippen LogP contribution in [-0.4, -0.2) is 6.21 Å². The van der Waals surface area contributed by atoms with Crippen molar-refractivity contribution in [3.63, 3.8) is 0 Å². The zero-order chi connectivity index (χ0) is 29.6. The van der Waals surface area contributed by atoms with Crippen LogP contribution in [0, 0.1) is 5.92 Å². The van der Waals surface area contributed by atoms with Crippen LogP contribution in [-0.2, 0) is 5.41 Å². The van der Waals surface area contributed by atoms with Crippen LogP contribution in [0.3, 0.4) is 0 Å². The van der Waals surface area contributed by atoms with E-state index in [4.69, 9.17) is 10.7 Å². The van der Waals surface area contributed by atoms with Gasteiger partial charge in [0.05, 0.1) is 11.1 Å². The largest absolute Gasteiger partial charge is 0.398 e. The van der Waals surface area contributed by atoms with Gasteiger partial charge in [0.1, 0.15) is 0 Å². The van der Waals surface area contributed by atoms with Crippen molar-refractivity contribution in [2.24, 2.45) is 16.6 Å².